The third-order valence-corrected chi connectivity index (χ3v) is 0. The monoisotopic (exact) mass is 432 g/mol. The quantitative estimate of drug-likeness (QED) is 0.225. The van der Waals surface area contributed by atoms with Crippen LogP contribution in [0.4, 0.5) is 9.59 Å². The molecular formula is C2HCl2CuNNi2O9. The summed E-state index contributed by atoms with van der Waals surface area (Å²) in [5, 5.41) is 47.0. The molecule has 0 saturated carbocycles. The summed E-state index contributed by atoms with van der Waals surface area (Å²) >= 11 is 0.569. The van der Waals surface area contributed by atoms with Crippen molar-refractivity contribution in [3.8, 4) is 0 Å². The van der Waals surface area contributed by atoms with E-state index in [0.717, 1.165) is 0 Å². The van der Waals surface area contributed by atoms with E-state index in [1.54, 1.807) is 0 Å². The molecule has 0 aliphatic heterocycles. The van der Waals surface area contributed by atoms with Gasteiger partial charge in [0.2, 0.25) is 0 Å². The van der Waals surface area contributed by atoms with Crippen LogP contribution in [-0.4, -0.2) is 22.6 Å². The SMILES string of the molecule is O=C([O-])[O-].O=C([O-])[O-].O=[N+]([O-])O.[Cl][Ni][Cl].[Cu+2].[Ni+2]. The van der Waals surface area contributed by atoms with Gasteiger partial charge in [-0.15, -0.1) is 10.1 Å². The van der Waals surface area contributed by atoms with Crippen molar-refractivity contribution >= 4 is 32.7 Å². The maximum atomic E-state index is 8.36. The molecule has 0 bridgehead atoms. The first-order valence-electron chi connectivity index (χ1n) is 2.03. The number of carboxylic acid groups (broad SMARTS) is 4. The number of carbonyl (C=O) groups excluding carboxylic acids is 2. The van der Waals surface area contributed by atoms with E-state index in [9.17, 15) is 0 Å². The number of hydrogen-bond acceptors (Lipinski definition) is 8. The van der Waals surface area contributed by atoms with E-state index in [1.165, 1.54) is 0 Å². The summed E-state index contributed by atoms with van der Waals surface area (Å²) in [6, 6.07) is 0. The third-order valence-electron chi connectivity index (χ3n) is 0. The van der Waals surface area contributed by atoms with Crippen LogP contribution in [-0.2, 0) is 46.2 Å². The molecule has 0 atom stereocenters. The first-order chi connectivity index (χ1) is 6.61. The molecule has 0 aromatic rings. The Bertz CT molecular complexity index is 144. The van der Waals surface area contributed by atoms with E-state index in [4.69, 9.17) is 65.7 Å². The molecule has 0 saturated heterocycles. The molecule has 1 N–H and O–H groups in total. The Morgan fingerprint density at radius 1 is 1.06 bits per heavy atom. The maximum Gasteiger partial charge on any atom is 2.00 e. The van der Waals surface area contributed by atoms with Gasteiger partial charge in [0, 0.05) is 0 Å². The Balaban J connectivity index is -0.0000000230. The summed E-state index contributed by atoms with van der Waals surface area (Å²) in [5.41, 5.74) is 0. The van der Waals surface area contributed by atoms with Crippen LogP contribution in [0.15, 0.2) is 0 Å². The van der Waals surface area contributed by atoms with E-state index >= 15 is 0 Å². The second-order valence-electron chi connectivity index (χ2n) is 0.783. The summed E-state index contributed by atoms with van der Waals surface area (Å²) < 4.78 is 0. The fraction of sp³-hybridized carbons (Fsp3) is 0. The first kappa shape index (κ1) is 36.0. The zero-order chi connectivity index (χ0) is 13.4. The first-order valence-corrected chi connectivity index (χ1v) is 4.75. The van der Waals surface area contributed by atoms with Crippen LogP contribution in [0.25, 0.3) is 0 Å². The Morgan fingerprint density at radius 3 is 1.06 bits per heavy atom. The summed E-state index contributed by atoms with van der Waals surface area (Å²) in [4.78, 5) is 25.0. The Morgan fingerprint density at radius 2 is 1.06 bits per heavy atom. The molecule has 17 heavy (non-hydrogen) atoms. The van der Waals surface area contributed by atoms with Crippen molar-refractivity contribution in [3.63, 3.8) is 0 Å². The molecular weight excluding hydrogens is 434 g/mol. The summed E-state index contributed by atoms with van der Waals surface area (Å²) in [5.74, 6) is 0. The molecule has 0 amide bonds. The molecule has 0 unspecified atom stereocenters. The average Bonchev–Trinajstić information content (AvgIpc) is 1.81. The molecule has 0 aliphatic rings. The third kappa shape index (κ3) is 101000. The maximum absolute atomic E-state index is 8.36. The molecule has 0 rings (SSSR count). The van der Waals surface area contributed by atoms with Crippen LogP contribution < -0.4 is 20.4 Å². The number of hydrogen-bond donors (Lipinski definition) is 1. The minimum atomic E-state index is -2.33. The minimum Gasteiger partial charge on any atom is 2.00 e. The van der Waals surface area contributed by atoms with E-state index in [2.05, 4.69) is 0 Å². The van der Waals surface area contributed by atoms with Crippen LogP contribution in [0.1, 0.15) is 0 Å². The van der Waals surface area contributed by atoms with Gasteiger partial charge in [0.05, 0.1) is 0 Å². The predicted molar refractivity (Wildman–Crippen MR) is 31.3 cm³/mol. The number of nitrogens with zero attached hydrogens (tertiary/aromatic N) is 1. The zero-order valence-electron chi connectivity index (χ0n) is 6.85. The van der Waals surface area contributed by atoms with Crippen LogP contribution in [0.5, 0.6) is 0 Å². The van der Waals surface area contributed by atoms with E-state index in [0.29, 0.717) is 12.7 Å². The largest absolute Gasteiger partial charge is 2.00 e. The number of carbonyl (C=O) groups is 2. The average molecular weight is 435 g/mol. The fourth-order valence-electron chi connectivity index (χ4n) is 0. The van der Waals surface area contributed by atoms with Crippen LogP contribution in [0, 0.1) is 10.1 Å². The molecule has 0 heterocycles. The van der Waals surface area contributed by atoms with Gasteiger partial charge >= 0.3 is 66.6 Å². The van der Waals surface area contributed by atoms with E-state index < -0.39 is 17.4 Å². The Kier molecular flexibility index (Phi) is 76.2. The van der Waals surface area contributed by atoms with Crippen molar-refractivity contribution in [2.24, 2.45) is 0 Å². The van der Waals surface area contributed by atoms with Gasteiger partial charge in [-0.3, -0.25) is 0 Å². The van der Waals surface area contributed by atoms with Crippen molar-refractivity contribution in [3.05, 3.63) is 10.1 Å². The van der Waals surface area contributed by atoms with Crippen molar-refractivity contribution in [2.75, 3.05) is 0 Å². The Hall–Kier alpha value is -0.174. The van der Waals surface area contributed by atoms with Gasteiger partial charge in [-0.25, -0.2) is 0 Å². The zero-order valence-corrected chi connectivity index (χ0v) is 11.3. The fourth-order valence-corrected chi connectivity index (χ4v) is 0. The van der Waals surface area contributed by atoms with E-state index in [-0.39, 0.29) is 33.6 Å². The van der Waals surface area contributed by atoms with Crippen molar-refractivity contribution in [2.45, 2.75) is 0 Å². The summed E-state index contributed by atoms with van der Waals surface area (Å²) in [6.07, 6.45) is -4.67. The topological polar surface area (TPSA) is 190 Å². The van der Waals surface area contributed by atoms with Crippen molar-refractivity contribution in [1.82, 2.24) is 0 Å². The second-order valence-corrected chi connectivity index (χ2v) is 2.41. The molecule has 15 heteroatoms. The van der Waals surface area contributed by atoms with Gasteiger partial charge in [0.25, 0.3) is 5.09 Å². The minimum absolute atomic E-state index is 0. The van der Waals surface area contributed by atoms with Crippen molar-refractivity contribution in [1.29, 1.82) is 0 Å². The molecule has 113 valence electrons. The van der Waals surface area contributed by atoms with E-state index in [1.807, 2.05) is 0 Å². The molecule has 0 aromatic heterocycles. The number of rotatable bonds is 0. The van der Waals surface area contributed by atoms with Gasteiger partial charge in [-0.1, -0.05) is 0 Å². The van der Waals surface area contributed by atoms with Gasteiger partial charge in [-0.05, 0) is 12.3 Å². The smallest absolute Gasteiger partial charge is 2.00 e. The second kappa shape index (κ2) is 36.0. The molecule has 10 nitrogen and oxygen atoms in total. The van der Waals surface area contributed by atoms with Gasteiger partial charge in [0.1, 0.15) is 0 Å². The van der Waals surface area contributed by atoms with Crippen LogP contribution in [0.3, 0.4) is 0 Å². The molecule has 0 fully saturated rings. The normalized spacial score (nSPS) is 5.53. The predicted octanol–water partition coefficient (Wildman–Crippen LogP) is -3.87. The molecule has 0 aromatic carbocycles. The Labute approximate surface area is 129 Å². The summed E-state index contributed by atoms with van der Waals surface area (Å²) in [6.45, 7) is 0. The molecule has 0 spiro atoms. The number of halogens is 2. The molecule has 1 radical (unpaired) electrons. The summed E-state index contributed by atoms with van der Waals surface area (Å²) in [7, 11) is 9.40. The van der Waals surface area contributed by atoms with Gasteiger partial charge in [-0.2, -0.15) is 0 Å². The molecule has 0 aliphatic carbocycles. The van der Waals surface area contributed by atoms with Gasteiger partial charge < -0.3 is 35.2 Å². The van der Waals surface area contributed by atoms with Crippen LogP contribution in [0.2, 0.25) is 0 Å². The van der Waals surface area contributed by atoms with Crippen LogP contribution >= 0.6 is 20.4 Å². The standard InChI is InChI=1S/2CH2O3.2ClH.Cu.HNO3.2Ni/c2*2-1(3)4;;;;2-1(3)4;;/h2*(H2,2,3,4);2*1H;;(H,2,3,4);;/q;;;;+2;;2*+2/p-6. The van der Waals surface area contributed by atoms with Crippen molar-refractivity contribution < 1.29 is 86.5 Å². The van der Waals surface area contributed by atoms with Gasteiger partial charge in [0.15, 0.2) is 0 Å².